The number of hydrogen-bond acceptors (Lipinski definition) is 3. The van der Waals surface area contributed by atoms with Crippen LogP contribution in [0.25, 0.3) is 0 Å². The monoisotopic (exact) mass is 201 g/mol. The van der Waals surface area contributed by atoms with Gasteiger partial charge in [-0.1, -0.05) is 13.8 Å². The predicted molar refractivity (Wildman–Crippen MR) is 58.2 cm³/mol. The highest BCUT2D eigenvalue weighted by molar-refractivity contribution is 5.70. The Morgan fingerprint density at radius 2 is 2.00 bits per heavy atom. The van der Waals surface area contributed by atoms with Gasteiger partial charge in [0.15, 0.2) is 0 Å². The third-order valence-electron chi connectivity index (χ3n) is 2.42. The van der Waals surface area contributed by atoms with Crippen molar-refractivity contribution in [3.63, 3.8) is 0 Å². The maximum atomic E-state index is 11.3. The quantitative estimate of drug-likeness (QED) is 0.641. The Balaban J connectivity index is 4.03. The van der Waals surface area contributed by atoms with Gasteiger partial charge in [-0.15, -0.1) is 0 Å². The lowest BCUT2D eigenvalue weighted by molar-refractivity contribution is -0.144. The van der Waals surface area contributed by atoms with Crippen LogP contribution >= 0.6 is 0 Å². The zero-order valence-electron chi connectivity index (χ0n) is 9.85. The van der Waals surface area contributed by atoms with E-state index in [2.05, 4.69) is 26.1 Å². The van der Waals surface area contributed by atoms with Crippen molar-refractivity contribution < 1.29 is 9.53 Å². The first-order valence-electron chi connectivity index (χ1n) is 5.48. The lowest BCUT2D eigenvalue weighted by atomic mass is 9.94. The van der Waals surface area contributed by atoms with Gasteiger partial charge in [-0.05, 0) is 33.2 Å². The minimum absolute atomic E-state index is 0.109. The molecular formula is C11H23NO2. The highest BCUT2D eigenvalue weighted by atomic mass is 16.5. The van der Waals surface area contributed by atoms with Crippen LogP contribution in [0.1, 0.15) is 47.0 Å². The fourth-order valence-electron chi connectivity index (χ4n) is 1.27. The minimum atomic E-state index is -0.111. The van der Waals surface area contributed by atoms with E-state index in [4.69, 9.17) is 4.74 Å². The van der Waals surface area contributed by atoms with Gasteiger partial charge in [-0.25, -0.2) is 0 Å². The standard InChI is InChI=1S/C11H23NO2/c1-5-8-12-11(4,6-2)9-10(13)14-7-3/h12H,5-9H2,1-4H3. The molecule has 0 aliphatic carbocycles. The zero-order valence-corrected chi connectivity index (χ0v) is 9.85. The van der Waals surface area contributed by atoms with Gasteiger partial charge in [0.25, 0.3) is 0 Å². The molecule has 0 aromatic rings. The van der Waals surface area contributed by atoms with Crippen molar-refractivity contribution in [1.29, 1.82) is 0 Å². The average Bonchev–Trinajstić information content (AvgIpc) is 2.15. The van der Waals surface area contributed by atoms with E-state index in [1.807, 2.05) is 6.92 Å². The van der Waals surface area contributed by atoms with Gasteiger partial charge < -0.3 is 10.1 Å². The Hall–Kier alpha value is -0.570. The first-order chi connectivity index (χ1) is 6.58. The molecule has 1 unspecified atom stereocenters. The van der Waals surface area contributed by atoms with Gasteiger partial charge in [-0.2, -0.15) is 0 Å². The van der Waals surface area contributed by atoms with E-state index in [0.29, 0.717) is 13.0 Å². The summed E-state index contributed by atoms with van der Waals surface area (Å²) in [6, 6.07) is 0. The van der Waals surface area contributed by atoms with E-state index in [9.17, 15) is 4.79 Å². The lowest BCUT2D eigenvalue weighted by Crippen LogP contribution is -2.44. The minimum Gasteiger partial charge on any atom is -0.466 e. The Kier molecular flexibility index (Phi) is 6.54. The molecule has 0 aliphatic rings. The number of rotatable bonds is 7. The summed E-state index contributed by atoms with van der Waals surface area (Å²) in [6.45, 7) is 9.52. The van der Waals surface area contributed by atoms with E-state index in [0.717, 1.165) is 19.4 Å². The van der Waals surface area contributed by atoms with E-state index >= 15 is 0 Å². The molecule has 84 valence electrons. The van der Waals surface area contributed by atoms with Crippen molar-refractivity contribution in [2.24, 2.45) is 0 Å². The first kappa shape index (κ1) is 13.4. The molecular weight excluding hydrogens is 178 g/mol. The van der Waals surface area contributed by atoms with Crippen LogP contribution in [0.2, 0.25) is 0 Å². The summed E-state index contributed by atoms with van der Waals surface area (Å²) in [6.07, 6.45) is 2.47. The lowest BCUT2D eigenvalue weighted by Gasteiger charge is -2.28. The van der Waals surface area contributed by atoms with Crippen molar-refractivity contribution in [1.82, 2.24) is 5.32 Å². The smallest absolute Gasteiger partial charge is 0.307 e. The fourth-order valence-corrected chi connectivity index (χ4v) is 1.27. The van der Waals surface area contributed by atoms with Gasteiger partial charge >= 0.3 is 5.97 Å². The van der Waals surface area contributed by atoms with Gasteiger partial charge in [0.1, 0.15) is 0 Å². The molecule has 0 radical (unpaired) electrons. The Morgan fingerprint density at radius 3 is 2.43 bits per heavy atom. The zero-order chi connectivity index (χ0) is 11.0. The van der Waals surface area contributed by atoms with Crippen molar-refractivity contribution >= 4 is 5.97 Å². The number of carbonyl (C=O) groups is 1. The van der Waals surface area contributed by atoms with E-state index in [-0.39, 0.29) is 11.5 Å². The van der Waals surface area contributed by atoms with Crippen molar-refractivity contribution in [3.8, 4) is 0 Å². The maximum absolute atomic E-state index is 11.3. The summed E-state index contributed by atoms with van der Waals surface area (Å²) >= 11 is 0. The molecule has 0 aromatic carbocycles. The Bertz CT molecular complexity index is 171. The molecule has 0 fully saturated rings. The van der Waals surface area contributed by atoms with Crippen LogP contribution in [0.4, 0.5) is 0 Å². The normalized spacial score (nSPS) is 14.9. The largest absolute Gasteiger partial charge is 0.466 e. The SMILES string of the molecule is CCCNC(C)(CC)CC(=O)OCC. The molecule has 0 aromatic heterocycles. The summed E-state index contributed by atoms with van der Waals surface area (Å²) in [5.41, 5.74) is -0.109. The number of esters is 1. The molecule has 0 bridgehead atoms. The summed E-state index contributed by atoms with van der Waals surface area (Å²) in [7, 11) is 0. The Labute approximate surface area is 87.2 Å². The summed E-state index contributed by atoms with van der Waals surface area (Å²) in [5, 5.41) is 3.38. The molecule has 1 atom stereocenters. The third-order valence-corrected chi connectivity index (χ3v) is 2.42. The van der Waals surface area contributed by atoms with Gasteiger partial charge in [-0.3, -0.25) is 4.79 Å². The summed E-state index contributed by atoms with van der Waals surface area (Å²) in [5.74, 6) is -0.111. The van der Waals surface area contributed by atoms with Crippen molar-refractivity contribution in [2.75, 3.05) is 13.2 Å². The molecule has 3 nitrogen and oxygen atoms in total. The molecule has 0 saturated heterocycles. The van der Waals surface area contributed by atoms with Crippen molar-refractivity contribution in [2.45, 2.75) is 52.5 Å². The van der Waals surface area contributed by atoms with Gasteiger partial charge in [0.2, 0.25) is 0 Å². The summed E-state index contributed by atoms with van der Waals surface area (Å²) in [4.78, 5) is 11.3. The van der Waals surface area contributed by atoms with Crippen LogP contribution < -0.4 is 5.32 Å². The molecule has 0 amide bonds. The highest BCUT2D eigenvalue weighted by Gasteiger charge is 2.25. The molecule has 3 heteroatoms. The Morgan fingerprint density at radius 1 is 1.36 bits per heavy atom. The molecule has 0 saturated carbocycles. The van der Waals surface area contributed by atoms with Crippen molar-refractivity contribution in [3.05, 3.63) is 0 Å². The second-order valence-corrected chi connectivity index (χ2v) is 3.82. The van der Waals surface area contributed by atoms with Gasteiger partial charge in [0.05, 0.1) is 13.0 Å². The molecule has 0 aliphatic heterocycles. The molecule has 14 heavy (non-hydrogen) atoms. The summed E-state index contributed by atoms with van der Waals surface area (Å²) < 4.78 is 4.94. The molecule has 0 spiro atoms. The maximum Gasteiger partial charge on any atom is 0.307 e. The number of carbonyl (C=O) groups excluding carboxylic acids is 1. The van der Waals surface area contributed by atoms with Gasteiger partial charge in [0, 0.05) is 5.54 Å². The number of ether oxygens (including phenoxy) is 1. The van der Waals surface area contributed by atoms with Crippen LogP contribution in [0.15, 0.2) is 0 Å². The average molecular weight is 201 g/mol. The van der Waals surface area contributed by atoms with E-state index in [1.54, 1.807) is 0 Å². The second kappa shape index (κ2) is 6.82. The molecule has 1 N–H and O–H groups in total. The predicted octanol–water partition coefficient (Wildman–Crippen LogP) is 2.11. The highest BCUT2D eigenvalue weighted by Crippen LogP contribution is 2.15. The topological polar surface area (TPSA) is 38.3 Å². The molecule has 0 heterocycles. The van der Waals surface area contributed by atoms with Crippen LogP contribution in [0, 0.1) is 0 Å². The third kappa shape index (κ3) is 5.22. The van der Waals surface area contributed by atoms with E-state index in [1.165, 1.54) is 0 Å². The van der Waals surface area contributed by atoms with Crippen LogP contribution in [0.5, 0.6) is 0 Å². The number of hydrogen-bond donors (Lipinski definition) is 1. The first-order valence-corrected chi connectivity index (χ1v) is 5.48. The van der Waals surface area contributed by atoms with E-state index < -0.39 is 0 Å². The van der Waals surface area contributed by atoms with Crippen LogP contribution in [-0.2, 0) is 9.53 Å². The fraction of sp³-hybridized carbons (Fsp3) is 0.909. The van der Waals surface area contributed by atoms with Crippen LogP contribution in [-0.4, -0.2) is 24.7 Å². The number of nitrogens with one attached hydrogen (secondary N) is 1. The molecule has 0 rings (SSSR count). The second-order valence-electron chi connectivity index (χ2n) is 3.82. The van der Waals surface area contributed by atoms with Crippen LogP contribution in [0.3, 0.4) is 0 Å².